The molecule has 3 N–H and O–H groups in total. The maximum Gasteiger partial charge on any atom is 0.293 e. The molecule has 0 bridgehead atoms. The second-order valence-electron chi connectivity index (χ2n) is 9.71. The van der Waals surface area contributed by atoms with Crippen LogP contribution in [0.3, 0.4) is 0 Å². The Labute approximate surface area is 253 Å². The number of ether oxygens (including phenoxy) is 3. The summed E-state index contributed by atoms with van der Waals surface area (Å²) < 4.78 is 19.8. The second-order valence-corrected chi connectivity index (χ2v) is 11.0. The minimum Gasteiger partial charge on any atom is -0.457 e. The summed E-state index contributed by atoms with van der Waals surface area (Å²) in [7, 11) is 0. The van der Waals surface area contributed by atoms with Crippen LogP contribution < -0.4 is 16.0 Å². The summed E-state index contributed by atoms with van der Waals surface area (Å²) in [5.74, 6) is 1.10. The fourth-order valence-electron chi connectivity index (χ4n) is 5.08. The first-order chi connectivity index (χ1) is 20.6. The molecule has 5 atom stereocenters. The molecule has 220 valence electrons. The average Bonchev–Trinajstić information content (AvgIpc) is 3.80. The number of hydrogen-bond donors (Lipinski definition) is 3. The highest BCUT2D eigenvalue weighted by Gasteiger charge is 2.52. The molecule has 0 amide bonds. The number of nitrogens with one attached hydrogen (secondary N) is 3. The van der Waals surface area contributed by atoms with Crippen LogP contribution in [0.2, 0.25) is 0 Å². The third kappa shape index (κ3) is 5.71. The second kappa shape index (κ2) is 12.5. The third-order valence-electron chi connectivity index (χ3n) is 7.06. The first-order valence-electron chi connectivity index (χ1n) is 13.4. The number of anilines is 2. The number of carbonyl (C=O) groups excluding carboxylic acids is 2. The Kier molecular flexibility index (Phi) is 8.38. The van der Waals surface area contributed by atoms with Gasteiger partial charge in [-0.3, -0.25) is 14.2 Å². The maximum absolute atomic E-state index is 11.6. The molecular weight excluding hydrogens is 661 g/mol. The molecule has 2 fully saturated rings. The van der Waals surface area contributed by atoms with E-state index in [4.69, 9.17) is 24.2 Å². The maximum atomic E-state index is 11.6. The summed E-state index contributed by atoms with van der Waals surface area (Å²) in [5.41, 5.74) is 1.98. The van der Waals surface area contributed by atoms with Gasteiger partial charge in [-0.2, -0.15) is 14.8 Å². The van der Waals surface area contributed by atoms with Gasteiger partial charge in [0.05, 0.1) is 12.9 Å². The first-order valence-corrected chi connectivity index (χ1v) is 14.5. The Bertz CT molecular complexity index is 1560. The molecule has 0 unspecified atom stereocenters. The standard InChI is InChI=1S/C25H28IN11O5/c1-2-37-34-22(33-35-37)19-18(40-12-38)20(41-13-39)24(42-19)36-11-29-17-21(28-9-14-4-3-5-15(26)8-14)31-25(32-23(17)36)30-16-6-7-27-10-16/h3-5,8,11-13,16,18-20,24,27H,2,6-7,9-10H2,1H3,(H2,28,30,31,32)/t16-,18-,19+,20-,24-/m1/s1. The monoisotopic (exact) mass is 689 g/mol. The smallest absolute Gasteiger partial charge is 0.293 e. The molecule has 2 aliphatic heterocycles. The molecule has 4 aromatic rings. The van der Waals surface area contributed by atoms with Gasteiger partial charge in [0.15, 0.2) is 41.5 Å². The number of halogens is 1. The number of aryl methyl sites for hydroxylation is 1. The van der Waals surface area contributed by atoms with Gasteiger partial charge >= 0.3 is 0 Å². The zero-order chi connectivity index (χ0) is 29.1. The van der Waals surface area contributed by atoms with E-state index in [1.165, 1.54) is 11.1 Å². The van der Waals surface area contributed by atoms with Crippen molar-refractivity contribution in [2.45, 2.75) is 57.0 Å². The Morgan fingerprint density at radius 2 is 2.07 bits per heavy atom. The number of imidazole rings is 1. The van der Waals surface area contributed by atoms with E-state index in [9.17, 15) is 9.59 Å². The molecule has 42 heavy (non-hydrogen) atoms. The topological polar surface area (TPSA) is 185 Å². The number of aromatic nitrogens is 8. The number of rotatable bonds is 12. The predicted octanol–water partition coefficient (Wildman–Crippen LogP) is 1.18. The largest absolute Gasteiger partial charge is 0.457 e. The van der Waals surface area contributed by atoms with Crippen LogP contribution in [0.1, 0.15) is 37.1 Å². The molecule has 0 radical (unpaired) electrons. The van der Waals surface area contributed by atoms with Crippen molar-refractivity contribution in [1.82, 2.24) is 45.0 Å². The molecule has 0 spiro atoms. The van der Waals surface area contributed by atoms with Crippen molar-refractivity contribution in [3.05, 3.63) is 45.6 Å². The summed E-state index contributed by atoms with van der Waals surface area (Å²) in [6.07, 6.45) is -1.61. The fraction of sp³-hybridized carbons (Fsp3) is 0.440. The van der Waals surface area contributed by atoms with Gasteiger partial charge in [0.2, 0.25) is 11.8 Å². The lowest BCUT2D eigenvalue weighted by Gasteiger charge is -2.21. The van der Waals surface area contributed by atoms with Crippen molar-refractivity contribution in [3.63, 3.8) is 0 Å². The Morgan fingerprint density at radius 3 is 2.81 bits per heavy atom. The molecular formula is C25H28IN11O5. The number of nitrogens with zero attached hydrogens (tertiary/aromatic N) is 8. The summed E-state index contributed by atoms with van der Waals surface area (Å²) in [5, 5.41) is 22.5. The number of tetrazole rings is 1. The third-order valence-corrected chi connectivity index (χ3v) is 7.73. The minimum atomic E-state index is -1.06. The van der Waals surface area contributed by atoms with Gasteiger partial charge in [-0.25, -0.2) is 4.98 Å². The van der Waals surface area contributed by atoms with Crippen LogP contribution in [0.5, 0.6) is 0 Å². The van der Waals surface area contributed by atoms with Gasteiger partial charge in [0.25, 0.3) is 12.9 Å². The summed E-state index contributed by atoms with van der Waals surface area (Å²) in [6, 6.07) is 8.28. The van der Waals surface area contributed by atoms with Crippen molar-refractivity contribution < 1.29 is 23.8 Å². The highest BCUT2D eigenvalue weighted by Crippen LogP contribution is 2.42. The Morgan fingerprint density at radius 1 is 1.21 bits per heavy atom. The molecule has 16 nitrogen and oxygen atoms in total. The quantitative estimate of drug-likeness (QED) is 0.142. The van der Waals surface area contributed by atoms with Gasteiger partial charge in [-0.15, -0.1) is 10.2 Å². The highest BCUT2D eigenvalue weighted by atomic mass is 127. The lowest BCUT2D eigenvalue weighted by molar-refractivity contribution is -0.151. The first kappa shape index (κ1) is 28.2. The van der Waals surface area contributed by atoms with Crippen molar-refractivity contribution >= 4 is 58.5 Å². The van der Waals surface area contributed by atoms with Gasteiger partial charge in [-0.05, 0) is 65.4 Å². The van der Waals surface area contributed by atoms with E-state index in [0.29, 0.717) is 36.0 Å². The van der Waals surface area contributed by atoms with E-state index in [2.05, 4.69) is 65.0 Å². The molecule has 3 aromatic heterocycles. The molecule has 1 aromatic carbocycles. The molecule has 17 heteroatoms. The van der Waals surface area contributed by atoms with Gasteiger partial charge < -0.3 is 30.2 Å². The minimum absolute atomic E-state index is 0.151. The van der Waals surface area contributed by atoms with Crippen molar-refractivity contribution in [2.24, 2.45) is 0 Å². The number of fused-ring (bicyclic) bond motifs is 1. The van der Waals surface area contributed by atoms with Crippen molar-refractivity contribution in [1.29, 1.82) is 0 Å². The lowest BCUT2D eigenvalue weighted by atomic mass is 10.1. The van der Waals surface area contributed by atoms with Crippen LogP contribution in [0.15, 0.2) is 30.6 Å². The van der Waals surface area contributed by atoms with Crippen LogP contribution in [0.4, 0.5) is 11.8 Å². The number of hydrogen-bond acceptors (Lipinski definition) is 14. The van der Waals surface area contributed by atoms with Crippen LogP contribution in [0, 0.1) is 3.57 Å². The zero-order valence-corrected chi connectivity index (χ0v) is 24.6. The summed E-state index contributed by atoms with van der Waals surface area (Å²) >= 11 is 2.28. The zero-order valence-electron chi connectivity index (χ0n) is 22.5. The van der Waals surface area contributed by atoms with Gasteiger partial charge in [0, 0.05) is 22.7 Å². The summed E-state index contributed by atoms with van der Waals surface area (Å²) in [6.45, 7) is 5.07. The predicted molar refractivity (Wildman–Crippen MR) is 155 cm³/mol. The molecule has 2 aliphatic rings. The molecule has 5 heterocycles. The van der Waals surface area contributed by atoms with E-state index in [1.807, 2.05) is 25.1 Å². The Balaban J connectivity index is 1.39. The molecule has 0 saturated carbocycles. The van der Waals surface area contributed by atoms with E-state index >= 15 is 0 Å². The number of carbonyl (C=O) groups is 2. The molecule has 2 saturated heterocycles. The van der Waals surface area contributed by atoms with E-state index in [-0.39, 0.29) is 24.8 Å². The van der Waals surface area contributed by atoms with Crippen LogP contribution >= 0.6 is 22.6 Å². The molecule has 0 aliphatic carbocycles. The van der Waals surface area contributed by atoms with Crippen LogP contribution in [-0.2, 0) is 36.9 Å². The lowest BCUT2D eigenvalue weighted by Crippen LogP contribution is -2.34. The van der Waals surface area contributed by atoms with Crippen molar-refractivity contribution in [3.8, 4) is 0 Å². The van der Waals surface area contributed by atoms with Crippen LogP contribution in [-0.4, -0.2) is 84.0 Å². The van der Waals surface area contributed by atoms with E-state index in [0.717, 1.165) is 28.6 Å². The van der Waals surface area contributed by atoms with Gasteiger partial charge in [0.1, 0.15) is 0 Å². The molecule has 6 rings (SSSR count). The van der Waals surface area contributed by atoms with Crippen LogP contribution in [0.25, 0.3) is 11.2 Å². The highest BCUT2D eigenvalue weighted by molar-refractivity contribution is 14.1. The van der Waals surface area contributed by atoms with E-state index in [1.54, 1.807) is 4.57 Å². The van der Waals surface area contributed by atoms with Crippen molar-refractivity contribution in [2.75, 3.05) is 23.7 Å². The SMILES string of the molecule is CCn1nnc([C@H]2O[C@@H](n3cnc4c(NCc5cccc(I)c5)nc(N[C@@H]5CCNC5)nc43)[C@H](OC=O)[C@@H]2OC=O)n1. The van der Waals surface area contributed by atoms with Gasteiger partial charge in [-0.1, -0.05) is 12.1 Å². The summed E-state index contributed by atoms with van der Waals surface area (Å²) in [4.78, 5) is 38.6. The Hall–Kier alpha value is -3.97. The van der Waals surface area contributed by atoms with E-state index < -0.39 is 24.5 Å². The number of benzene rings is 1. The normalized spacial score (nSPS) is 23.6. The fourth-order valence-corrected chi connectivity index (χ4v) is 5.69. The average molecular weight is 689 g/mol.